The molecule has 0 saturated heterocycles. The summed E-state index contributed by atoms with van der Waals surface area (Å²) < 4.78 is 28.7. The van der Waals surface area contributed by atoms with Crippen molar-refractivity contribution in [1.82, 2.24) is 4.57 Å². The molecule has 0 atom stereocenters. The first-order valence-electron chi connectivity index (χ1n) is 7.86. The van der Waals surface area contributed by atoms with Crippen molar-refractivity contribution in [3.05, 3.63) is 96.3 Å². The van der Waals surface area contributed by atoms with Crippen LogP contribution in [0, 0.1) is 11.6 Å². The Hall–Kier alpha value is -3.27. The summed E-state index contributed by atoms with van der Waals surface area (Å²) in [6.07, 6.45) is 3.50. The zero-order valence-electron chi connectivity index (χ0n) is 13.2. The summed E-state index contributed by atoms with van der Waals surface area (Å²) in [6, 6.07) is 21.4. The molecule has 1 aromatic heterocycles. The molecular formula is C21H14F2N2. The maximum absolute atomic E-state index is 13.7. The molecule has 0 bridgehead atoms. The highest BCUT2D eigenvalue weighted by atomic mass is 19.1. The number of aliphatic imine (C=N–C) groups is 1. The molecule has 3 aromatic carbocycles. The van der Waals surface area contributed by atoms with Crippen LogP contribution in [-0.2, 0) is 0 Å². The third kappa shape index (κ3) is 3.06. The fourth-order valence-corrected chi connectivity index (χ4v) is 2.78. The van der Waals surface area contributed by atoms with Gasteiger partial charge >= 0.3 is 0 Å². The SMILES string of the molecule is Fc1ccc(N=Cc2cccn2-c2ccc3ccccc3c2)c(F)c1. The number of rotatable bonds is 3. The van der Waals surface area contributed by atoms with Gasteiger partial charge in [-0.05, 0) is 47.2 Å². The summed E-state index contributed by atoms with van der Waals surface area (Å²) in [5, 5.41) is 2.31. The van der Waals surface area contributed by atoms with Gasteiger partial charge in [-0.1, -0.05) is 30.3 Å². The van der Waals surface area contributed by atoms with E-state index in [1.54, 1.807) is 6.21 Å². The van der Waals surface area contributed by atoms with Crippen LogP contribution in [0.2, 0.25) is 0 Å². The van der Waals surface area contributed by atoms with Crippen LogP contribution in [0.3, 0.4) is 0 Å². The second-order valence-electron chi connectivity index (χ2n) is 5.69. The van der Waals surface area contributed by atoms with Crippen molar-refractivity contribution >= 4 is 22.7 Å². The molecule has 0 unspecified atom stereocenters. The molecule has 0 amide bonds. The Morgan fingerprint density at radius 3 is 2.48 bits per heavy atom. The summed E-state index contributed by atoms with van der Waals surface area (Å²) in [4.78, 5) is 4.15. The van der Waals surface area contributed by atoms with E-state index in [1.165, 1.54) is 17.5 Å². The fourth-order valence-electron chi connectivity index (χ4n) is 2.78. The quantitative estimate of drug-likeness (QED) is 0.431. The van der Waals surface area contributed by atoms with Gasteiger partial charge in [-0.25, -0.2) is 8.78 Å². The summed E-state index contributed by atoms with van der Waals surface area (Å²) in [7, 11) is 0. The Bertz CT molecular complexity index is 1080. The molecule has 0 aliphatic rings. The van der Waals surface area contributed by atoms with Gasteiger partial charge in [-0.15, -0.1) is 0 Å². The fraction of sp³-hybridized carbons (Fsp3) is 0. The maximum atomic E-state index is 13.7. The highest BCUT2D eigenvalue weighted by Gasteiger charge is 2.04. The van der Waals surface area contributed by atoms with E-state index >= 15 is 0 Å². The lowest BCUT2D eigenvalue weighted by atomic mass is 10.1. The van der Waals surface area contributed by atoms with Crippen LogP contribution in [0.15, 0.2) is 84.0 Å². The first-order valence-corrected chi connectivity index (χ1v) is 7.86. The van der Waals surface area contributed by atoms with Gasteiger partial charge in [0, 0.05) is 18.0 Å². The Kier molecular flexibility index (Phi) is 3.86. The van der Waals surface area contributed by atoms with Gasteiger partial charge in [0.15, 0.2) is 5.82 Å². The lowest BCUT2D eigenvalue weighted by molar-refractivity contribution is 0.585. The highest BCUT2D eigenvalue weighted by Crippen LogP contribution is 2.21. The number of halogens is 2. The van der Waals surface area contributed by atoms with Gasteiger partial charge in [0.1, 0.15) is 5.82 Å². The lowest BCUT2D eigenvalue weighted by Gasteiger charge is -2.08. The first kappa shape index (κ1) is 15.3. The van der Waals surface area contributed by atoms with Crippen LogP contribution >= 0.6 is 0 Å². The Labute approximate surface area is 143 Å². The Morgan fingerprint density at radius 1 is 0.800 bits per heavy atom. The molecule has 2 nitrogen and oxygen atoms in total. The molecule has 25 heavy (non-hydrogen) atoms. The minimum atomic E-state index is -0.680. The van der Waals surface area contributed by atoms with Gasteiger partial charge in [0.2, 0.25) is 0 Å². The number of hydrogen-bond donors (Lipinski definition) is 0. The van der Waals surface area contributed by atoms with Crippen molar-refractivity contribution in [3.8, 4) is 5.69 Å². The summed E-state index contributed by atoms with van der Waals surface area (Å²) in [5.74, 6) is -1.30. The molecule has 0 aliphatic heterocycles. The first-order chi connectivity index (χ1) is 12.2. The zero-order valence-corrected chi connectivity index (χ0v) is 13.2. The van der Waals surface area contributed by atoms with Crippen LogP contribution in [0.4, 0.5) is 14.5 Å². The van der Waals surface area contributed by atoms with E-state index in [-0.39, 0.29) is 5.69 Å². The lowest BCUT2D eigenvalue weighted by Crippen LogP contribution is -1.97. The summed E-state index contributed by atoms with van der Waals surface area (Å²) >= 11 is 0. The Morgan fingerprint density at radius 2 is 1.64 bits per heavy atom. The standard InChI is InChI=1S/C21H14F2N2/c22-17-8-10-21(20(23)13-17)24-14-19-6-3-11-25(19)18-9-7-15-4-1-2-5-16(15)12-18/h1-14H. The van der Waals surface area contributed by atoms with Crippen LogP contribution in [0.25, 0.3) is 16.5 Å². The number of fused-ring (bicyclic) bond motifs is 1. The third-order valence-electron chi connectivity index (χ3n) is 4.04. The highest BCUT2D eigenvalue weighted by molar-refractivity contribution is 5.86. The largest absolute Gasteiger partial charge is 0.316 e. The number of nitrogens with zero attached hydrogens (tertiary/aromatic N) is 2. The van der Waals surface area contributed by atoms with Crippen molar-refractivity contribution in [2.45, 2.75) is 0 Å². The predicted molar refractivity (Wildman–Crippen MR) is 96.9 cm³/mol. The molecule has 4 heteroatoms. The minimum absolute atomic E-state index is 0.104. The normalized spacial score (nSPS) is 11.4. The van der Waals surface area contributed by atoms with E-state index in [0.717, 1.165) is 22.8 Å². The van der Waals surface area contributed by atoms with Crippen molar-refractivity contribution < 1.29 is 8.78 Å². The van der Waals surface area contributed by atoms with Crippen molar-refractivity contribution in [3.63, 3.8) is 0 Å². The van der Waals surface area contributed by atoms with E-state index in [2.05, 4.69) is 29.3 Å². The average molecular weight is 332 g/mol. The molecule has 0 radical (unpaired) electrons. The molecule has 0 N–H and O–H groups in total. The predicted octanol–water partition coefficient (Wildman–Crippen LogP) is 5.66. The molecule has 122 valence electrons. The molecule has 1 heterocycles. The maximum Gasteiger partial charge on any atom is 0.151 e. The van der Waals surface area contributed by atoms with Crippen molar-refractivity contribution in [2.24, 2.45) is 4.99 Å². The van der Waals surface area contributed by atoms with Gasteiger partial charge in [0.25, 0.3) is 0 Å². The number of hydrogen-bond acceptors (Lipinski definition) is 1. The van der Waals surface area contributed by atoms with E-state index in [9.17, 15) is 8.78 Å². The zero-order chi connectivity index (χ0) is 17.2. The average Bonchev–Trinajstić information content (AvgIpc) is 3.09. The third-order valence-corrected chi connectivity index (χ3v) is 4.04. The van der Waals surface area contributed by atoms with Crippen LogP contribution in [-0.4, -0.2) is 10.8 Å². The van der Waals surface area contributed by atoms with Crippen LogP contribution in [0.1, 0.15) is 5.69 Å². The smallest absolute Gasteiger partial charge is 0.151 e. The van der Waals surface area contributed by atoms with E-state index in [0.29, 0.717) is 0 Å². The second kappa shape index (κ2) is 6.32. The number of benzene rings is 3. The van der Waals surface area contributed by atoms with E-state index in [1.807, 2.05) is 41.1 Å². The molecule has 4 aromatic rings. The Balaban J connectivity index is 1.71. The van der Waals surface area contributed by atoms with Crippen LogP contribution in [0.5, 0.6) is 0 Å². The van der Waals surface area contributed by atoms with E-state index in [4.69, 9.17) is 0 Å². The van der Waals surface area contributed by atoms with Crippen molar-refractivity contribution in [1.29, 1.82) is 0 Å². The van der Waals surface area contributed by atoms with Gasteiger partial charge in [0.05, 0.1) is 17.6 Å². The van der Waals surface area contributed by atoms with Gasteiger partial charge in [-0.3, -0.25) is 4.99 Å². The summed E-state index contributed by atoms with van der Waals surface area (Å²) in [5.41, 5.74) is 1.90. The summed E-state index contributed by atoms with van der Waals surface area (Å²) in [6.45, 7) is 0. The minimum Gasteiger partial charge on any atom is -0.316 e. The number of aromatic nitrogens is 1. The molecule has 0 spiro atoms. The monoisotopic (exact) mass is 332 g/mol. The van der Waals surface area contributed by atoms with E-state index < -0.39 is 11.6 Å². The van der Waals surface area contributed by atoms with Gasteiger partial charge < -0.3 is 4.57 Å². The molecule has 0 saturated carbocycles. The van der Waals surface area contributed by atoms with Crippen LogP contribution < -0.4 is 0 Å². The topological polar surface area (TPSA) is 17.3 Å². The second-order valence-corrected chi connectivity index (χ2v) is 5.69. The molecule has 4 rings (SSSR count). The van der Waals surface area contributed by atoms with Crippen molar-refractivity contribution in [2.75, 3.05) is 0 Å². The van der Waals surface area contributed by atoms with Gasteiger partial charge in [-0.2, -0.15) is 0 Å². The molecule has 0 fully saturated rings. The molecular weight excluding hydrogens is 318 g/mol. The molecule has 0 aliphatic carbocycles.